The average Bonchev–Trinajstić information content (AvgIpc) is 3.29. The van der Waals surface area contributed by atoms with E-state index in [-0.39, 0.29) is 11.1 Å². The lowest BCUT2D eigenvalue weighted by Crippen LogP contribution is -2.17. The van der Waals surface area contributed by atoms with Crippen LogP contribution in [-0.2, 0) is 5.41 Å². The van der Waals surface area contributed by atoms with Crippen molar-refractivity contribution in [3.05, 3.63) is 41.2 Å². The third kappa shape index (κ3) is 2.15. The Labute approximate surface area is 135 Å². The molecule has 4 rings (SSSR count). The molecular formula is C15H12ClF2N5. The number of nitrogens with two attached hydrogens (primary N) is 1. The van der Waals surface area contributed by atoms with E-state index in [1.165, 1.54) is 10.7 Å². The van der Waals surface area contributed by atoms with Crippen molar-refractivity contribution in [3.63, 3.8) is 0 Å². The highest BCUT2D eigenvalue weighted by atomic mass is 35.5. The zero-order valence-electron chi connectivity index (χ0n) is 11.9. The number of imidazole rings is 1. The Morgan fingerprint density at radius 3 is 2.52 bits per heavy atom. The minimum Gasteiger partial charge on any atom is -0.367 e. The van der Waals surface area contributed by atoms with Crippen molar-refractivity contribution in [2.24, 2.45) is 0 Å². The first-order chi connectivity index (χ1) is 11.0. The molecule has 23 heavy (non-hydrogen) atoms. The highest BCUT2D eigenvalue weighted by Gasteiger charge is 2.52. The van der Waals surface area contributed by atoms with Crippen LogP contribution in [0, 0.1) is 0 Å². The Kier molecular flexibility index (Phi) is 3.02. The number of fused-ring (bicyclic) bond motifs is 1. The third-order valence-corrected chi connectivity index (χ3v) is 4.57. The van der Waals surface area contributed by atoms with Crippen LogP contribution in [0.1, 0.15) is 18.4 Å². The summed E-state index contributed by atoms with van der Waals surface area (Å²) in [5.41, 5.74) is 6.54. The van der Waals surface area contributed by atoms with Gasteiger partial charge in [-0.15, -0.1) is 5.10 Å². The van der Waals surface area contributed by atoms with Crippen molar-refractivity contribution in [2.45, 2.75) is 24.7 Å². The average molecular weight is 336 g/mol. The highest BCUT2D eigenvalue weighted by Crippen LogP contribution is 2.52. The van der Waals surface area contributed by atoms with E-state index in [0.29, 0.717) is 29.7 Å². The first kappa shape index (κ1) is 14.3. The SMILES string of the molecule is Nc1ncc2c(Cl)nc(-c3ccc(C4(C(F)F)CC4)cc3)n2n1. The number of benzene rings is 1. The van der Waals surface area contributed by atoms with Crippen LogP contribution in [-0.4, -0.2) is 26.0 Å². The number of hydrogen-bond donors (Lipinski definition) is 1. The van der Waals surface area contributed by atoms with Crippen LogP contribution in [0.15, 0.2) is 30.5 Å². The Morgan fingerprint density at radius 1 is 1.22 bits per heavy atom. The molecule has 3 aromatic rings. The molecule has 0 unspecified atom stereocenters. The molecule has 0 radical (unpaired) electrons. The van der Waals surface area contributed by atoms with E-state index in [1.54, 1.807) is 24.3 Å². The molecule has 118 valence electrons. The molecule has 1 aliphatic rings. The van der Waals surface area contributed by atoms with E-state index < -0.39 is 11.8 Å². The molecule has 0 amide bonds. The highest BCUT2D eigenvalue weighted by molar-refractivity contribution is 6.32. The van der Waals surface area contributed by atoms with Crippen LogP contribution in [0.3, 0.4) is 0 Å². The van der Waals surface area contributed by atoms with Crippen LogP contribution in [0.25, 0.3) is 16.9 Å². The summed E-state index contributed by atoms with van der Waals surface area (Å²) in [4.78, 5) is 8.15. The van der Waals surface area contributed by atoms with Gasteiger partial charge in [-0.05, 0) is 18.4 Å². The van der Waals surface area contributed by atoms with E-state index in [2.05, 4.69) is 15.1 Å². The van der Waals surface area contributed by atoms with Crippen LogP contribution >= 0.6 is 11.6 Å². The van der Waals surface area contributed by atoms with Gasteiger partial charge in [-0.3, -0.25) is 0 Å². The quantitative estimate of drug-likeness (QED) is 0.797. The van der Waals surface area contributed by atoms with Gasteiger partial charge in [0.15, 0.2) is 11.0 Å². The van der Waals surface area contributed by atoms with Crippen molar-refractivity contribution in [3.8, 4) is 11.4 Å². The lowest BCUT2D eigenvalue weighted by atomic mass is 9.95. The monoisotopic (exact) mass is 335 g/mol. The topological polar surface area (TPSA) is 69.1 Å². The van der Waals surface area contributed by atoms with Crippen LogP contribution in [0.4, 0.5) is 14.7 Å². The summed E-state index contributed by atoms with van der Waals surface area (Å²) in [7, 11) is 0. The van der Waals surface area contributed by atoms with Crippen molar-refractivity contribution in [1.29, 1.82) is 0 Å². The number of aromatic nitrogens is 4. The van der Waals surface area contributed by atoms with Crippen LogP contribution in [0.5, 0.6) is 0 Å². The van der Waals surface area contributed by atoms with Gasteiger partial charge in [-0.1, -0.05) is 35.9 Å². The van der Waals surface area contributed by atoms with E-state index in [4.69, 9.17) is 17.3 Å². The predicted molar refractivity (Wildman–Crippen MR) is 82.6 cm³/mol. The number of alkyl halides is 2. The molecule has 1 fully saturated rings. The van der Waals surface area contributed by atoms with Gasteiger partial charge in [0.05, 0.1) is 11.6 Å². The summed E-state index contributed by atoms with van der Waals surface area (Å²) in [5, 5.41) is 4.36. The van der Waals surface area contributed by atoms with E-state index >= 15 is 0 Å². The number of rotatable bonds is 3. The summed E-state index contributed by atoms with van der Waals surface area (Å²) >= 11 is 6.08. The smallest absolute Gasteiger partial charge is 0.248 e. The number of halogens is 3. The largest absolute Gasteiger partial charge is 0.367 e. The molecule has 0 bridgehead atoms. The summed E-state index contributed by atoms with van der Waals surface area (Å²) in [6.07, 6.45) is 0.186. The Hall–Kier alpha value is -2.28. The number of hydrogen-bond acceptors (Lipinski definition) is 4. The van der Waals surface area contributed by atoms with Gasteiger partial charge in [-0.25, -0.2) is 23.3 Å². The zero-order valence-corrected chi connectivity index (χ0v) is 12.6. The first-order valence-electron chi connectivity index (χ1n) is 7.07. The molecule has 0 atom stereocenters. The molecule has 1 saturated carbocycles. The van der Waals surface area contributed by atoms with E-state index in [0.717, 1.165) is 5.56 Å². The fraction of sp³-hybridized carbons (Fsp3) is 0.267. The number of nitrogen functional groups attached to an aromatic ring is 1. The number of nitrogens with zero attached hydrogens (tertiary/aromatic N) is 4. The molecule has 0 saturated heterocycles. The van der Waals surface area contributed by atoms with Gasteiger partial charge in [0.1, 0.15) is 5.52 Å². The lowest BCUT2D eigenvalue weighted by Gasteiger charge is -2.14. The van der Waals surface area contributed by atoms with Gasteiger partial charge in [0.2, 0.25) is 12.4 Å². The Morgan fingerprint density at radius 2 is 1.91 bits per heavy atom. The standard InChI is InChI=1S/C15H12ClF2N5/c16-11-10-7-20-14(19)22-23(10)12(21-11)8-1-3-9(4-2-8)15(5-6-15)13(17)18/h1-4,7,13H,5-6H2,(H2,19,22). The zero-order chi connectivity index (χ0) is 16.2. The molecule has 2 N–H and O–H groups in total. The van der Waals surface area contributed by atoms with Gasteiger partial charge in [0.25, 0.3) is 0 Å². The third-order valence-electron chi connectivity index (χ3n) is 4.29. The molecular weight excluding hydrogens is 324 g/mol. The first-order valence-corrected chi connectivity index (χ1v) is 7.45. The molecule has 2 aromatic heterocycles. The minimum atomic E-state index is -2.34. The summed E-state index contributed by atoms with van der Waals surface area (Å²) in [5.74, 6) is 0.589. The maximum atomic E-state index is 13.2. The van der Waals surface area contributed by atoms with E-state index in [1.807, 2.05) is 0 Å². The predicted octanol–water partition coefficient (Wildman–Crippen LogP) is 3.32. The second-order valence-electron chi connectivity index (χ2n) is 5.67. The molecule has 1 aromatic carbocycles. The Bertz CT molecular complexity index is 887. The minimum absolute atomic E-state index is 0.0964. The maximum absolute atomic E-state index is 13.2. The van der Waals surface area contributed by atoms with Crippen molar-refractivity contribution in [2.75, 3.05) is 5.73 Å². The molecule has 1 aliphatic carbocycles. The second kappa shape index (κ2) is 4.86. The molecule has 8 heteroatoms. The van der Waals surface area contributed by atoms with Crippen molar-refractivity contribution in [1.82, 2.24) is 19.6 Å². The number of anilines is 1. The van der Waals surface area contributed by atoms with Gasteiger partial charge >= 0.3 is 0 Å². The second-order valence-corrected chi connectivity index (χ2v) is 6.03. The van der Waals surface area contributed by atoms with Crippen molar-refractivity contribution >= 4 is 23.1 Å². The van der Waals surface area contributed by atoms with Gasteiger partial charge in [0, 0.05) is 5.56 Å². The Balaban J connectivity index is 1.79. The summed E-state index contributed by atoms with van der Waals surface area (Å²) in [6, 6.07) is 6.93. The molecule has 0 aliphatic heterocycles. The van der Waals surface area contributed by atoms with Gasteiger partial charge < -0.3 is 5.73 Å². The van der Waals surface area contributed by atoms with Gasteiger partial charge in [-0.2, -0.15) is 0 Å². The van der Waals surface area contributed by atoms with E-state index in [9.17, 15) is 8.78 Å². The molecule has 5 nitrogen and oxygen atoms in total. The fourth-order valence-electron chi connectivity index (χ4n) is 2.77. The molecule has 0 spiro atoms. The van der Waals surface area contributed by atoms with Crippen LogP contribution < -0.4 is 5.73 Å². The van der Waals surface area contributed by atoms with Crippen molar-refractivity contribution < 1.29 is 8.78 Å². The van der Waals surface area contributed by atoms with Crippen LogP contribution in [0.2, 0.25) is 5.15 Å². The summed E-state index contributed by atoms with van der Waals surface area (Å²) in [6.45, 7) is 0. The maximum Gasteiger partial charge on any atom is 0.248 e. The fourth-order valence-corrected chi connectivity index (χ4v) is 2.98. The lowest BCUT2D eigenvalue weighted by molar-refractivity contribution is 0.102. The summed E-state index contributed by atoms with van der Waals surface area (Å²) < 4.78 is 27.9. The normalized spacial score (nSPS) is 16.2. The molecule has 2 heterocycles.